The molecule has 4 aromatic rings. The maximum Gasteiger partial charge on any atom is 0.173 e. The molecule has 0 fully saturated rings. The number of hydrogen-bond donors (Lipinski definition) is 0. The van der Waals surface area contributed by atoms with Gasteiger partial charge in [0.25, 0.3) is 0 Å². The lowest BCUT2D eigenvalue weighted by Crippen LogP contribution is -2.07. The summed E-state index contributed by atoms with van der Waals surface area (Å²) in [7, 11) is 0. The predicted octanol–water partition coefficient (Wildman–Crippen LogP) is 3.85. The molecule has 0 N–H and O–H groups in total. The van der Waals surface area contributed by atoms with Crippen LogP contribution in [0.3, 0.4) is 0 Å². The van der Waals surface area contributed by atoms with Gasteiger partial charge in [-0.15, -0.1) is 11.3 Å². The fourth-order valence-corrected chi connectivity index (χ4v) is 3.34. The summed E-state index contributed by atoms with van der Waals surface area (Å²) in [5, 5.41) is 2.65. The summed E-state index contributed by atoms with van der Waals surface area (Å²) < 4.78 is 20.7. The van der Waals surface area contributed by atoms with Crippen LogP contribution in [0.5, 0.6) is 11.5 Å². The second-order valence-corrected chi connectivity index (χ2v) is 6.61. The molecule has 0 aromatic carbocycles. The molecular formula is C18H13FN4O2S. The number of imidazole rings is 1. The molecular weight excluding hydrogens is 355 g/mol. The Morgan fingerprint density at radius 1 is 1.31 bits per heavy atom. The number of aromatic nitrogens is 4. The van der Waals surface area contributed by atoms with Crippen molar-refractivity contribution in [2.45, 2.75) is 13.3 Å². The summed E-state index contributed by atoms with van der Waals surface area (Å²) >= 11 is 1.45. The molecule has 0 aliphatic heterocycles. The summed E-state index contributed by atoms with van der Waals surface area (Å²) in [6.07, 6.45) is 7.69. The van der Waals surface area contributed by atoms with Gasteiger partial charge in [0.05, 0.1) is 30.6 Å². The van der Waals surface area contributed by atoms with Crippen molar-refractivity contribution in [1.82, 2.24) is 19.4 Å². The lowest BCUT2D eigenvalue weighted by Gasteiger charge is -2.09. The SMILES string of the molecule is Cc1csc(CC(=O)c2cc(Oc3cncc(F)c3)cn3ccnc23)n1. The fraction of sp³-hybridized carbons (Fsp3) is 0.111. The van der Waals surface area contributed by atoms with Crippen molar-refractivity contribution in [3.63, 3.8) is 0 Å². The molecule has 8 heteroatoms. The van der Waals surface area contributed by atoms with Crippen molar-refractivity contribution in [1.29, 1.82) is 0 Å². The van der Waals surface area contributed by atoms with Crippen LogP contribution < -0.4 is 4.74 Å². The molecule has 26 heavy (non-hydrogen) atoms. The van der Waals surface area contributed by atoms with E-state index in [2.05, 4.69) is 15.0 Å². The van der Waals surface area contributed by atoms with Crippen molar-refractivity contribution >= 4 is 22.8 Å². The van der Waals surface area contributed by atoms with Crippen LogP contribution in [-0.2, 0) is 6.42 Å². The minimum Gasteiger partial charge on any atom is -0.454 e. The predicted molar refractivity (Wildman–Crippen MR) is 94.3 cm³/mol. The average Bonchev–Trinajstić information content (AvgIpc) is 3.23. The lowest BCUT2D eigenvalue weighted by molar-refractivity contribution is 0.0993. The van der Waals surface area contributed by atoms with Crippen molar-refractivity contribution in [3.05, 3.63) is 70.6 Å². The zero-order valence-electron chi connectivity index (χ0n) is 13.7. The van der Waals surface area contributed by atoms with Gasteiger partial charge < -0.3 is 9.14 Å². The quantitative estimate of drug-likeness (QED) is 0.501. The van der Waals surface area contributed by atoms with Gasteiger partial charge in [-0.2, -0.15) is 0 Å². The molecule has 4 heterocycles. The first-order valence-corrected chi connectivity index (χ1v) is 8.66. The molecule has 0 radical (unpaired) electrons. The lowest BCUT2D eigenvalue weighted by atomic mass is 10.1. The van der Waals surface area contributed by atoms with Gasteiger partial charge in [0.1, 0.15) is 28.0 Å². The number of hydrogen-bond acceptors (Lipinski definition) is 6. The van der Waals surface area contributed by atoms with E-state index in [9.17, 15) is 9.18 Å². The van der Waals surface area contributed by atoms with E-state index < -0.39 is 5.82 Å². The molecule has 0 bridgehead atoms. The van der Waals surface area contributed by atoms with Crippen molar-refractivity contribution < 1.29 is 13.9 Å². The highest BCUT2D eigenvalue weighted by atomic mass is 32.1. The van der Waals surface area contributed by atoms with Gasteiger partial charge in [-0.05, 0) is 13.0 Å². The van der Waals surface area contributed by atoms with Gasteiger partial charge in [-0.25, -0.2) is 14.4 Å². The number of carbonyl (C=O) groups excluding carboxylic acids is 1. The molecule has 0 aliphatic rings. The van der Waals surface area contributed by atoms with Gasteiger partial charge >= 0.3 is 0 Å². The van der Waals surface area contributed by atoms with Crippen LogP contribution in [0.15, 0.2) is 48.5 Å². The Morgan fingerprint density at radius 3 is 2.96 bits per heavy atom. The van der Waals surface area contributed by atoms with E-state index in [1.807, 2.05) is 12.3 Å². The van der Waals surface area contributed by atoms with Gasteiger partial charge in [-0.3, -0.25) is 9.78 Å². The molecule has 4 aromatic heterocycles. The number of ether oxygens (including phenoxy) is 1. The zero-order valence-corrected chi connectivity index (χ0v) is 14.5. The molecule has 4 rings (SSSR count). The summed E-state index contributed by atoms with van der Waals surface area (Å²) in [6, 6.07) is 2.83. The number of pyridine rings is 2. The van der Waals surface area contributed by atoms with Crippen LogP contribution >= 0.6 is 11.3 Å². The van der Waals surface area contributed by atoms with Crippen molar-refractivity contribution in [2.75, 3.05) is 0 Å². The van der Waals surface area contributed by atoms with E-state index in [4.69, 9.17) is 4.74 Å². The number of Topliss-reactive ketones (excluding diaryl/α,β-unsaturated/α-hetero) is 1. The topological polar surface area (TPSA) is 69.4 Å². The van der Waals surface area contributed by atoms with Crippen LogP contribution in [0.4, 0.5) is 4.39 Å². The Balaban J connectivity index is 1.69. The van der Waals surface area contributed by atoms with Gasteiger partial charge in [0, 0.05) is 29.5 Å². The van der Waals surface area contributed by atoms with Crippen LogP contribution in [0.2, 0.25) is 0 Å². The standard InChI is InChI=1S/C18H13FN4O2S/c1-11-10-26-17(22-11)6-16(24)15-5-14(9-23-3-2-21-18(15)23)25-13-4-12(19)7-20-8-13/h2-5,7-10H,6H2,1H3. The summed E-state index contributed by atoms with van der Waals surface area (Å²) in [6.45, 7) is 1.89. The summed E-state index contributed by atoms with van der Waals surface area (Å²) in [4.78, 5) is 25.1. The van der Waals surface area contributed by atoms with Crippen molar-refractivity contribution in [3.8, 4) is 11.5 Å². The van der Waals surface area contributed by atoms with E-state index in [0.717, 1.165) is 16.9 Å². The first-order chi connectivity index (χ1) is 12.6. The number of carbonyl (C=O) groups is 1. The monoisotopic (exact) mass is 368 g/mol. The number of halogens is 1. The summed E-state index contributed by atoms with van der Waals surface area (Å²) in [5.74, 6) is 0.0278. The molecule has 0 saturated heterocycles. The molecule has 0 amide bonds. The van der Waals surface area contributed by atoms with E-state index in [1.165, 1.54) is 23.6 Å². The van der Waals surface area contributed by atoms with Gasteiger partial charge in [0.2, 0.25) is 0 Å². The number of ketones is 1. The molecule has 0 atom stereocenters. The Morgan fingerprint density at radius 2 is 2.19 bits per heavy atom. The number of rotatable bonds is 5. The fourth-order valence-electron chi connectivity index (χ4n) is 2.57. The molecule has 6 nitrogen and oxygen atoms in total. The summed E-state index contributed by atoms with van der Waals surface area (Å²) in [5.41, 5.74) is 1.84. The van der Waals surface area contributed by atoms with Crippen LogP contribution in [-0.4, -0.2) is 25.1 Å². The maximum absolute atomic E-state index is 13.3. The second-order valence-electron chi connectivity index (χ2n) is 5.67. The van der Waals surface area contributed by atoms with Gasteiger partial charge in [-0.1, -0.05) is 0 Å². The van der Waals surface area contributed by atoms with Gasteiger partial charge in [0.15, 0.2) is 5.78 Å². The Labute approximate surface area is 151 Å². The van der Waals surface area contributed by atoms with Crippen molar-refractivity contribution in [2.24, 2.45) is 0 Å². The Bertz CT molecular complexity index is 1110. The van der Waals surface area contributed by atoms with E-state index >= 15 is 0 Å². The number of aryl methyl sites for hydroxylation is 1. The molecule has 0 unspecified atom stereocenters. The maximum atomic E-state index is 13.3. The van der Waals surface area contributed by atoms with Crippen LogP contribution in [0.1, 0.15) is 21.1 Å². The largest absolute Gasteiger partial charge is 0.454 e. The molecule has 0 aliphatic carbocycles. The minimum atomic E-state index is -0.498. The smallest absolute Gasteiger partial charge is 0.173 e. The zero-order chi connectivity index (χ0) is 18.1. The first-order valence-electron chi connectivity index (χ1n) is 7.78. The molecule has 0 spiro atoms. The van der Waals surface area contributed by atoms with Crippen LogP contribution in [0, 0.1) is 12.7 Å². The normalized spacial score (nSPS) is 11.0. The Hall–Kier alpha value is -3.13. The molecule has 0 saturated carbocycles. The third kappa shape index (κ3) is 3.31. The third-order valence-electron chi connectivity index (χ3n) is 3.66. The van der Waals surface area contributed by atoms with Crippen LogP contribution in [0.25, 0.3) is 5.65 Å². The average molecular weight is 368 g/mol. The van der Waals surface area contributed by atoms with E-state index in [1.54, 1.807) is 29.1 Å². The highest BCUT2D eigenvalue weighted by molar-refractivity contribution is 7.09. The van der Waals surface area contributed by atoms with E-state index in [0.29, 0.717) is 17.0 Å². The highest BCUT2D eigenvalue weighted by Gasteiger charge is 2.16. The van der Waals surface area contributed by atoms with E-state index in [-0.39, 0.29) is 18.0 Å². The minimum absolute atomic E-state index is 0.113. The number of fused-ring (bicyclic) bond motifs is 1. The first kappa shape index (κ1) is 16.3. The molecule has 130 valence electrons. The number of nitrogens with zero attached hydrogens (tertiary/aromatic N) is 4. The number of thiazole rings is 1. The third-order valence-corrected chi connectivity index (χ3v) is 4.62. The highest BCUT2D eigenvalue weighted by Crippen LogP contribution is 2.25. The second kappa shape index (κ2) is 6.64. The Kier molecular flexibility index (Phi) is 4.18.